The molecule has 1 heterocycles. The van der Waals surface area contributed by atoms with E-state index in [9.17, 15) is 25.6 Å². The summed E-state index contributed by atoms with van der Waals surface area (Å²) in [6, 6.07) is 10.7. The summed E-state index contributed by atoms with van der Waals surface area (Å²) >= 11 is 0. The summed E-state index contributed by atoms with van der Waals surface area (Å²) in [5, 5.41) is 0. The van der Waals surface area contributed by atoms with Gasteiger partial charge in [0.15, 0.2) is 0 Å². The Labute approximate surface area is 170 Å². The molecular weight excluding hydrogens is 434 g/mol. The molecule has 152 valence electrons. The normalized spacial score (nSPS) is 12.2. The van der Waals surface area contributed by atoms with Gasteiger partial charge in [-0.05, 0) is 60.7 Å². The molecule has 0 saturated carbocycles. The third kappa shape index (κ3) is 3.33. The first-order chi connectivity index (χ1) is 14.2. The van der Waals surface area contributed by atoms with Crippen molar-refractivity contribution in [3.63, 3.8) is 0 Å². The summed E-state index contributed by atoms with van der Waals surface area (Å²) in [6.07, 6.45) is 2.47. The first-order valence-electron chi connectivity index (χ1n) is 8.46. The van der Waals surface area contributed by atoms with Crippen LogP contribution in [0.25, 0.3) is 11.0 Å². The van der Waals surface area contributed by atoms with E-state index in [4.69, 9.17) is 0 Å². The minimum absolute atomic E-state index is 0.148. The van der Waals surface area contributed by atoms with Gasteiger partial charge in [-0.25, -0.2) is 25.6 Å². The first-order valence-corrected chi connectivity index (χ1v) is 11.4. The smallest absolute Gasteiger partial charge is 0.208 e. The van der Waals surface area contributed by atoms with Crippen molar-refractivity contribution in [2.75, 3.05) is 0 Å². The van der Waals surface area contributed by atoms with Gasteiger partial charge in [-0.15, -0.1) is 0 Å². The van der Waals surface area contributed by atoms with Crippen LogP contribution in [0, 0.1) is 11.6 Å². The number of halogens is 2. The van der Waals surface area contributed by atoms with Gasteiger partial charge in [-0.3, -0.25) is 9.97 Å². The van der Waals surface area contributed by atoms with Crippen molar-refractivity contribution in [1.82, 2.24) is 9.97 Å². The fraction of sp³-hybridized carbons (Fsp3) is 0. The van der Waals surface area contributed by atoms with Gasteiger partial charge in [-0.1, -0.05) is 0 Å². The van der Waals surface area contributed by atoms with E-state index in [1.807, 2.05) is 0 Å². The van der Waals surface area contributed by atoms with Gasteiger partial charge in [0.05, 0.1) is 19.6 Å². The van der Waals surface area contributed by atoms with Gasteiger partial charge >= 0.3 is 0 Å². The van der Waals surface area contributed by atoms with Crippen LogP contribution in [0.5, 0.6) is 0 Å². The largest absolute Gasteiger partial charge is 0.252 e. The van der Waals surface area contributed by atoms with Crippen molar-refractivity contribution in [1.29, 1.82) is 0 Å². The highest BCUT2D eigenvalue weighted by Crippen LogP contribution is 2.32. The van der Waals surface area contributed by atoms with Crippen molar-refractivity contribution in [2.24, 2.45) is 0 Å². The van der Waals surface area contributed by atoms with Crippen LogP contribution in [-0.4, -0.2) is 26.8 Å². The van der Waals surface area contributed by atoms with Crippen molar-refractivity contribution in [2.45, 2.75) is 19.6 Å². The van der Waals surface area contributed by atoms with Crippen LogP contribution in [0.1, 0.15) is 0 Å². The fourth-order valence-electron chi connectivity index (χ4n) is 2.92. The lowest BCUT2D eigenvalue weighted by Gasteiger charge is -2.11. The molecule has 0 atom stereocenters. The first kappa shape index (κ1) is 20.0. The second-order valence-electron chi connectivity index (χ2n) is 6.23. The molecule has 4 aromatic rings. The Bertz CT molecular complexity index is 1360. The van der Waals surface area contributed by atoms with Crippen molar-refractivity contribution in [3.8, 4) is 0 Å². The van der Waals surface area contributed by atoms with Crippen LogP contribution in [0.4, 0.5) is 8.78 Å². The predicted molar refractivity (Wildman–Crippen MR) is 103 cm³/mol. The van der Waals surface area contributed by atoms with E-state index in [0.29, 0.717) is 0 Å². The maximum Gasteiger partial charge on any atom is 0.208 e. The van der Waals surface area contributed by atoms with E-state index in [0.717, 1.165) is 60.7 Å². The Morgan fingerprint density at radius 2 is 0.867 bits per heavy atom. The van der Waals surface area contributed by atoms with Crippen LogP contribution >= 0.6 is 0 Å². The minimum atomic E-state index is -4.13. The molecule has 0 N–H and O–H groups in total. The average molecular weight is 446 g/mol. The summed E-state index contributed by atoms with van der Waals surface area (Å²) in [6.45, 7) is 0. The summed E-state index contributed by atoms with van der Waals surface area (Å²) in [5.74, 6) is -1.20. The quantitative estimate of drug-likeness (QED) is 0.445. The van der Waals surface area contributed by atoms with Gasteiger partial charge in [0.1, 0.15) is 22.7 Å². The molecule has 10 heteroatoms. The zero-order valence-corrected chi connectivity index (χ0v) is 16.7. The second kappa shape index (κ2) is 7.22. The molecule has 0 amide bonds. The molecule has 0 spiro atoms. The summed E-state index contributed by atoms with van der Waals surface area (Å²) < 4.78 is 78.6. The Kier molecular flexibility index (Phi) is 4.83. The molecule has 0 unspecified atom stereocenters. The number of rotatable bonds is 4. The highest BCUT2D eigenvalue weighted by Gasteiger charge is 2.27. The van der Waals surface area contributed by atoms with Crippen LogP contribution < -0.4 is 0 Å². The molecule has 0 fully saturated rings. The third-order valence-electron chi connectivity index (χ3n) is 4.38. The molecule has 0 aliphatic carbocycles. The molecule has 30 heavy (non-hydrogen) atoms. The molecule has 0 saturated heterocycles. The third-order valence-corrected chi connectivity index (χ3v) is 7.98. The van der Waals surface area contributed by atoms with Crippen LogP contribution in [-0.2, 0) is 19.7 Å². The lowest BCUT2D eigenvalue weighted by atomic mass is 10.3. The number of sulfone groups is 2. The van der Waals surface area contributed by atoms with E-state index in [2.05, 4.69) is 9.97 Å². The van der Waals surface area contributed by atoms with Crippen LogP contribution in [0.3, 0.4) is 0 Å². The van der Waals surface area contributed by atoms with Crippen LogP contribution in [0.2, 0.25) is 0 Å². The molecule has 0 aliphatic heterocycles. The predicted octanol–water partition coefficient (Wildman–Crippen LogP) is 3.57. The Balaban J connectivity index is 1.95. The molecule has 0 radical (unpaired) electrons. The van der Waals surface area contributed by atoms with E-state index in [1.165, 1.54) is 12.4 Å². The van der Waals surface area contributed by atoms with E-state index in [-0.39, 0.29) is 30.6 Å². The Morgan fingerprint density at radius 1 is 0.533 bits per heavy atom. The topological polar surface area (TPSA) is 94.1 Å². The molecular formula is C20H12F2N2O4S2. The van der Waals surface area contributed by atoms with E-state index < -0.39 is 31.3 Å². The Morgan fingerprint density at radius 3 is 1.20 bits per heavy atom. The van der Waals surface area contributed by atoms with Crippen molar-refractivity contribution in [3.05, 3.63) is 84.7 Å². The van der Waals surface area contributed by atoms with Gasteiger partial charge in [-0.2, -0.15) is 0 Å². The number of fused-ring (bicyclic) bond motifs is 1. The number of hydrogen-bond acceptors (Lipinski definition) is 6. The highest BCUT2D eigenvalue weighted by molar-refractivity contribution is 7.92. The number of benzene rings is 3. The standard InChI is InChI=1S/C20H12F2N2O4S2/c21-13-1-5-15(6-2-13)29(25,26)17-9-10-18(20-19(17)23-11-12-24-20)30(27,28)16-7-3-14(22)4-8-16/h1-12H. The summed E-state index contributed by atoms with van der Waals surface area (Å²) in [7, 11) is -8.26. The van der Waals surface area contributed by atoms with Gasteiger partial charge in [0.25, 0.3) is 0 Å². The zero-order valence-electron chi connectivity index (χ0n) is 15.0. The monoisotopic (exact) mass is 446 g/mol. The molecule has 6 nitrogen and oxygen atoms in total. The summed E-state index contributed by atoms with van der Waals surface area (Å²) in [5.41, 5.74) is -0.296. The maximum atomic E-state index is 13.2. The molecule has 0 bridgehead atoms. The average Bonchev–Trinajstić information content (AvgIpc) is 2.73. The second-order valence-corrected chi connectivity index (χ2v) is 10.1. The number of nitrogens with zero attached hydrogens (tertiary/aromatic N) is 2. The SMILES string of the molecule is O=S(=O)(c1ccc(F)cc1)c1ccc(S(=O)(=O)c2ccc(F)cc2)c2nccnc12. The number of hydrogen-bond donors (Lipinski definition) is 0. The minimum Gasteiger partial charge on any atom is -0.252 e. The zero-order chi connectivity index (χ0) is 21.5. The van der Waals surface area contributed by atoms with E-state index >= 15 is 0 Å². The lowest BCUT2D eigenvalue weighted by molar-refractivity contribution is 0.591. The fourth-order valence-corrected chi connectivity index (χ4v) is 5.72. The lowest BCUT2D eigenvalue weighted by Crippen LogP contribution is -2.08. The van der Waals surface area contributed by atoms with Gasteiger partial charge < -0.3 is 0 Å². The Hall–Kier alpha value is -3.24. The molecule has 1 aromatic heterocycles. The maximum absolute atomic E-state index is 13.2. The molecule has 3 aromatic carbocycles. The number of aromatic nitrogens is 2. The molecule has 0 aliphatic rings. The van der Waals surface area contributed by atoms with E-state index in [1.54, 1.807) is 0 Å². The van der Waals surface area contributed by atoms with Crippen LogP contribution in [0.15, 0.2) is 92.6 Å². The summed E-state index contributed by atoms with van der Waals surface area (Å²) in [4.78, 5) is 7.18. The molecule has 4 rings (SSSR count). The highest BCUT2D eigenvalue weighted by atomic mass is 32.2. The van der Waals surface area contributed by atoms with Crippen molar-refractivity contribution < 1.29 is 25.6 Å². The van der Waals surface area contributed by atoms with Crippen molar-refractivity contribution >= 4 is 30.7 Å². The van der Waals surface area contributed by atoms with Gasteiger partial charge in [0, 0.05) is 12.4 Å². The van der Waals surface area contributed by atoms with Gasteiger partial charge in [0.2, 0.25) is 19.7 Å².